The van der Waals surface area contributed by atoms with Gasteiger partial charge in [-0.3, -0.25) is 0 Å². The number of fused-ring (bicyclic) bond motifs is 1. The summed E-state index contributed by atoms with van der Waals surface area (Å²) in [6.45, 7) is 6.60. The number of ether oxygens (including phenoxy) is 1. The van der Waals surface area contributed by atoms with Crippen molar-refractivity contribution in [3.05, 3.63) is 23.8 Å². The fraction of sp³-hybridized carbons (Fsp3) is 0.538. The summed E-state index contributed by atoms with van der Waals surface area (Å²) in [4.78, 5) is 0. The van der Waals surface area contributed by atoms with E-state index in [1.807, 2.05) is 0 Å². The Morgan fingerprint density at radius 3 is 2.87 bits per heavy atom. The van der Waals surface area contributed by atoms with Gasteiger partial charge in [0.05, 0.1) is 5.69 Å². The number of hydrogen-bond acceptors (Lipinski definition) is 2. The first kappa shape index (κ1) is 10.3. The van der Waals surface area contributed by atoms with Crippen LogP contribution in [0.15, 0.2) is 18.2 Å². The Morgan fingerprint density at radius 2 is 2.20 bits per heavy atom. The molecule has 0 saturated heterocycles. The first-order chi connectivity index (χ1) is 7.19. The molecule has 0 amide bonds. The first-order valence-electron chi connectivity index (χ1n) is 5.75. The van der Waals surface area contributed by atoms with Crippen LogP contribution in [0.2, 0.25) is 0 Å². The molecule has 1 aromatic carbocycles. The average Bonchev–Trinajstić information content (AvgIpc) is 2.58. The maximum atomic E-state index is 5.77. The molecule has 0 aromatic heterocycles. The van der Waals surface area contributed by atoms with E-state index in [1.165, 1.54) is 5.56 Å². The number of benzene rings is 1. The number of nitrogens with one attached hydrogen (secondary N) is 1. The van der Waals surface area contributed by atoms with E-state index in [4.69, 9.17) is 4.74 Å². The van der Waals surface area contributed by atoms with E-state index in [0.29, 0.717) is 5.92 Å². The Balaban J connectivity index is 2.15. The Bertz CT molecular complexity index is 346. The maximum Gasteiger partial charge on any atom is 0.169 e. The zero-order valence-electron chi connectivity index (χ0n) is 9.71. The van der Waals surface area contributed by atoms with Crippen LogP contribution in [0.4, 0.5) is 5.69 Å². The standard InChI is InChI=1S/C13H19NO/c1-4-13-14-11-6-5-10(7-9(2)3)8-12(11)15-13/h5-6,8-9,13-14H,4,7H2,1-3H3. The quantitative estimate of drug-likeness (QED) is 0.816. The summed E-state index contributed by atoms with van der Waals surface area (Å²) in [5, 5.41) is 3.34. The van der Waals surface area contributed by atoms with Gasteiger partial charge >= 0.3 is 0 Å². The fourth-order valence-corrected chi connectivity index (χ4v) is 1.92. The Labute approximate surface area is 91.6 Å². The molecule has 1 aliphatic rings. The minimum absolute atomic E-state index is 0.161. The van der Waals surface area contributed by atoms with Gasteiger partial charge in [-0.05, 0) is 30.0 Å². The lowest BCUT2D eigenvalue weighted by Gasteiger charge is -2.07. The zero-order chi connectivity index (χ0) is 10.8. The summed E-state index contributed by atoms with van der Waals surface area (Å²) in [6.07, 6.45) is 2.27. The predicted octanol–water partition coefficient (Wildman–Crippen LogP) is 3.43. The van der Waals surface area contributed by atoms with Gasteiger partial charge in [-0.25, -0.2) is 0 Å². The number of hydrogen-bond donors (Lipinski definition) is 1. The van der Waals surface area contributed by atoms with Crippen molar-refractivity contribution in [3.63, 3.8) is 0 Å². The summed E-state index contributed by atoms with van der Waals surface area (Å²) in [5.41, 5.74) is 2.50. The van der Waals surface area contributed by atoms with E-state index in [-0.39, 0.29) is 6.23 Å². The lowest BCUT2D eigenvalue weighted by Crippen LogP contribution is -2.17. The lowest BCUT2D eigenvalue weighted by molar-refractivity contribution is 0.248. The van der Waals surface area contributed by atoms with Crippen LogP contribution in [0.3, 0.4) is 0 Å². The lowest BCUT2D eigenvalue weighted by atomic mass is 10.0. The van der Waals surface area contributed by atoms with Crippen LogP contribution < -0.4 is 10.1 Å². The third-order valence-corrected chi connectivity index (χ3v) is 2.65. The molecule has 0 aliphatic carbocycles. The number of rotatable bonds is 3. The molecule has 1 aliphatic heterocycles. The van der Waals surface area contributed by atoms with Crippen LogP contribution in [-0.2, 0) is 6.42 Å². The van der Waals surface area contributed by atoms with Crippen molar-refractivity contribution in [2.75, 3.05) is 5.32 Å². The van der Waals surface area contributed by atoms with E-state index >= 15 is 0 Å². The Kier molecular flexibility index (Phi) is 2.85. The van der Waals surface area contributed by atoms with Gasteiger partial charge in [-0.1, -0.05) is 26.8 Å². The second-order valence-corrected chi connectivity index (χ2v) is 4.59. The Morgan fingerprint density at radius 1 is 1.40 bits per heavy atom. The molecule has 0 bridgehead atoms. The van der Waals surface area contributed by atoms with Gasteiger partial charge in [-0.15, -0.1) is 0 Å². The molecule has 0 saturated carbocycles. The van der Waals surface area contributed by atoms with Crippen molar-refractivity contribution < 1.29 is 4.74 Å². The van der Waals surface area contributed by atoms with Gasteiger partial charge in [0, 0.05) is 6.42 Å². The minimum atomic E-state index is 0.161. The molecule has 0 fully saturated rings. The van der Waals surface area contributed by atoms with Crippen LogP contribution in [-0.4, -0.2) is 6.23 Å². The van der Waals surface area contributed by atoms with Crippen molar-refractivity contribution in [2.45, 2.75) is 39.8 Å². The van der Waals surface area contributed by atoms with Crippen LogP contribution in [0.5, 0.6) is 5.75 Å². The predicted molar refractivity (Wildman–Crippen MR) is 63.3 cm³/mol. The smallest absolute Gasteiger partial charge is 0.169 e. The molecule has 82 valence electrons. The highest BCUT2D eigenvalue weighted by Crippen LogP contribution is 2.33. The SMILES string of the molecule is CCC1Nc2ccc(CC(C)C)cc2O1. The summed E-state index contributed by atoms with van der Waals surface area (Å²) >= 11 is 0. The van der Waals surface area contributed by atoms with Gasteiger partial charge in [0.15, 0.2) is 6.23 Å². The maximum absolute atomic E-state index is 5.77. The summed E-state index contributed by atoms with van der Waals surface area (Å²) < 4.78 is 5.77. The van der Waals surface area contributed by atoms with Crippen molar-refractivity contribution in [1.82, 2.24) is 0 Å². The normalized spacial score (nSPS) is 18.5. The molecule has 2 rings (SSSR count). The molecule has 15 heavy (non-hydrogen) atoms. The summed E-state index contributed by atoms with van der Waals surface area (Å²) in [7, 11) is 0. The highest BCUT2D eigenvalue weighted by atomic mass is 16.5. The molecule has 2 nitrogen and oxygen atoms in total. The van der Waals surface area contributed by atoms with E-state index < -0.39 is 0 Å². The highest BCUT2D eigenvalue weighted by molar-refractivity contribution is 5.61. The monoisotopic (exact) mass is 205 g/mol. The van der Waals surface area contributed by atoms with Gasteiger partial charge in [0.1, 0.15) is 5.75 Å². The van der Waals surface area contributed by atoms with E-state index in [9.17, 15) is 0 Å². The fourth-order valence-electron chi connectivity index (χ4n) is 1.92. The van der Waals surface area contributed by atoms with Crippen molar-refractivity contribution in [3.8, 4) is 5.75 Å². The Hall–Kier alpha value is -1.18. The van der Waals surface area contributed by atoms with E-state index in [1.54, 1.807) is 0 Å². The van der Waals surface area contributed by atoms with Crippen LogP contribution >= 0.6 is 0 Å². The largest absolute Gasteiger partial charge is 0.469 e. The molecule has 1 N–H and O–H groups in total. The van der Waals surface area contributed by atoms with Gasteiger partial charge in [0.2, 0.25) is 0 Å². The van der Waals surface area contributed by atoms with Gasteiger partial charge in [0.25, 0.3) is 0 Å². The van der Waals surface area contributed by atoms with E-state index in [0.717, 1.165) is 24.3 Å². The zero-order valence-corrected chi connectivity index (χ0v) is 9.71. The second kappa shape index (κ2) is 4.13. The van der Waals surface area contributed by atoms with Crippen molar-refractivity contribution in [2.24, 2.45) is 5.92 Å². The van der Waals surface area contributed by atoms with Gasteiger partial charge < -0.3 is 10.1 Å². The molecule has 0 radical (unpaired) electrons. The third kappa shape index (κ3) is 2.25. The summed E-state index contributed by atoms with van der Waals surface area (Å²) in [5.74, 6) is 1.71. The second-order valence-electron chi connectivity index (χ2n) is 4.59. The molecule has 1 atom stereocenters. The summed E-state index contributed by atoms with van der Waals surface area (Å²) in [6, 6.07) is 6.48. The van der Waals surface area contributed by atoms with Gasteiger partial charge in [-0.2, -0.15) is 0 Å². The topological polar surface area (TPSA) is 21.3 Å². The molecule has 1 unspecified atom stereocenters. The van der Waals surface area contributed by atoms with Crippen molar-refractivity contribution in [1.29, 1.82) is 0 Å². The van der Waals surface area contributed by atoms with Crippen LogP contribution in [0, 0.1) is 5.92 Å². The van der Waals surface area contributed by atoms with Crippen LogP contribution in [0.25, 0.3) is 0 Å². The third-order valence-electron chi connectivity index (χ3n) is 2.65. The molecular formula is C13H19NO. The highest BCUT2D eigenvalue weighted by Gasteiger charge is 2.19. The minimum Gasteiger partial charge on any atom is -0.469 e. The molecule has 1 heterocycles. The molecule has 0 spiro atoms. The molecular weight excluding hydrogens is 186 g/mol. The average molecular weight is 205 g/mol. The van der Waals surface area contributed by atoms with Crippen molar-refractivity contribution >= 4 is 5.69 Å². The molecule has 1 aromatic rings. The number of anilines is 1. The van der Waals surface area contributed by atoms with E-state index in [2.05, 4.69) is 44.3 Å². The molecule has 2 heteroatoms. The van der Waals surface area contributed by atoms with Crippen LogP contribution in [0.1, 0.15) is 32.8 Å². The first-order valence-corrected chi connectivity index (χ1v) is 5.75.